The highest BCUT2D eigenvalue weighted by Crippen LogP contribution is 2.46. The summed E-state index contributed by atoms with van der Waals surface area (Å²) in [7, 11) is 0. The number of nitrogens with zero attached hydrogens (tertiary/aromatic N) is 2. The van der Waals surface area contributed by atoms with Gasteiger partial charge in [-0.3, -0.25) is 9.88 Å². The quantitative estimate of drug-likeness (QED) is 0.916. The van der Waals surface area contributed by atoms with E-state index in [-0.39, 0.29) is 0 Å². The van der Waals surface area contributed by atoms with E-state index in [0.717, 1.165) is 24.4 Å². The van der Waals surface area contributed by atoms with Gasteiger partial charge in [0.25, 0.3) is 0 Å². The topological polar surface area (TPSA) is 28.2 Å². The van der Waals surface area contributed by atoms with Crippen LogP contribution in [0.4, 0.5) is 0 Å². The highest BCUT2D eigenvalue weighted by molar-refractivity contribution is 7.09. The minimum absolute atomic E-state index is 0.370. The molecule has 19 heavy (non-hydrogen) atoms. The molecule has 0 amide bonds. The lowest BCUT2D eigenvalue weighted by Crippen LogP contribution is -2.64. The molecule has 2 heterocycles. The fourth-order valence-electron chi connectivity index (χ4n) is 3.64. The molecule has 2 unspecified atom stereocenters. The minimum atomic E-state index is 0.370. The molecule has 3 fully saturated rings. The van der Waals surface area contributed by atoms with Crippen LogP contribution in [0.15, 0.2) is 11.7 Å². The van der Waals surface area contributed by atoms with Crippen LogP contribution in [0.25, 0.3) is 0 Å². The third-order valence-electron chi connectivity index (χ3n) is 5.34. The van der Waals surface area contributed by atoms with Crippen LogP contribution in [-0.4, -0.2) is 34.6 Å². The molecule has 0 spiro atoms. The summed E-state index contributed by atoms with van der Waals surface area (Å²) in [5.74, 6) is 1.86. The van der Waals surface area contributed by atoms with Crippen LogP contribution in [-0.2, 0) is 6.54 Å². The Balaban J connectivity index is 1.53. The second-order valence-electron chi connectivity index (χ2n) is 6.80. The number of aromatic nitrogens is 1. The fraction of sp³-hybridized carbons (Fsp3) is 0.800. The molecule has 3 nitrogen and oxygen atoms in total. The molecular formula is C15H23N3S. The maximum absolute atomic E-state index is 4.24. The highest BCUT2D eigenvalue weighted by atomic mass is 32.1. The number of thiazole rings is 1. The molecule has 1 aromatic rings. The summed E-state index contributed by atoms with van der Waals surface area (Å²) in [5.41, 5.74) is 2.33. The predicted molar refractivity (Wildman–Crippen MR) is 78.2 cm³/mol. The summed E-state index contributed by atoms with van der Waals surface area (Å²) in [4.78, 5) is 8.42. The Morgan fingerprint density at radius 3 is 2.89 bits per heavy atom. The Morgan fingerprint density at radius 1 is 1.42 bits per heavy atom. The van der Waals surface area contributed by atoms with E-state index in [1.807, 2.05) is 11.7 Å². The average molecular weight is 277 g/mol. The average Bonchev–Trinajstić information content (AvgIpc) is 3.31. The molecule has 1 saturated heterocycles. The van der Waals surface area contributed by atoms with Gasteiger partial charge in [-0.15, -0.1) is 11.3 Å². The van der Waals surface area contributed by atoms with Crippen molar-refractivity contribution in [2.75, 3.05) is 13.1 Å². The summed E-state index contributed by atoms with van der Waals surface area (Å²) in [6.45, 7) is 5.98. The summed E-state index contributed by atoms with van der Waals surface area (Å²) in [5, 5.41) is 3.85. The zero-order valence-corrected chi connectivity index (χ0v) is 12.5. The molecular weight excluding hydrogens is 254 g/mol. The summed E-state index contributed by atoms with van der Waals surface area (Å²) < 4.78 is 0. The van der Waals surface area contributed by atoms with E-state index in [2.05, 4.69) is 22.1 Å². The van der Waals surface area contributed by atoms with E-state index in [0.29, 0.717) is 5.54 Å². The Labute approximate surface area is 119 Å². The van der Waals surface area contributed by atoms with Gasteiger partial charge in [0.1, 0.15) is 0 Å². The van der Waals surface area contributed by atoms with Gasteiger partial charge in [0, 0.05) is 42.3 Å². The summed E-state index contributed by atoms with van der Waals surface area (Å²) >= 11 is 1.80. The smallest absolute Gasteiger partial charge is 0.0794 e. The van der Waals surface area contributed by atoms with Crippen LogP contribution in [0.2, 0.25) is 0 Å². The second kappa shape index (κ2) is 4.54. The van der Waals surface area contributed by atoms with Crippen LogP contribution in [0.3, 0.4) is 0 Å². The van der Waals surface area contributed by atoms with E-state index in [9.17, 15) is 0 Å². The van der Waals surface area contributed by atoms with Gasteiger partial charge in [0.15, 0.2) is 0 Å². The molecule has 4 heteroatoms. The van der Waals surface area contributed by atoms with Crippen molar-refractivity contribution in [3.8, 4) is 0 Å². The Kier molecular flexibility index (Phi) is 2.94. The van der Waals surface area contributed by atoms with E-state index < -0.39 is 0 Å². The van der Waals surface area contributed by atoms with Gasteiger partial charge in [0.05, 0.1) is 5.51 Å². The molecule has 104 valence electrons. The molecule has 0 aromatic carbocycles. The summed E-state index contributed by atoms with van der Waals surface area (Å²) in [6.07, 6.45) is 7.77. The normalized spacial score (nSPS) is 36.6. The lowest BCUT2D eigenvalue weighted by molar-refractivity contribution is 0.0242. The molecule has 0 radical (unpaired) electrons. The van der Waals surface area contributed by atoms with E-state index >= 15 is 0 Å². The molecule has 0 bridgehead atoms. The van der Waals surface area contributed by atoms with Gasteiger partial charge < -0.3 is 5.32 Å². The molecule has 2 saturated carbocycles. The maximum atomic E-state index is 4.24. The van der Waals surface area contributed by atoms with Gasteiger partial charge in [-0.1, -0.05) is 0 Å². The van der Waals surface area contributed by atoms with E-state index in [4.69, 9.17) is 0 Å². The van der Waals surface area contributed by atoms with Crippen molar-refractivity contribution in [1.29, 1.82) is 0 Å². The van der Waals surface area contributed by atoms with Gasteiger partial charge in [0.2, 0.25) is 0 Å². The van der Waals surface area contributed by atoms with Gasteiger partial charge >= 0.3 is 0 Å². The molecule has 1 aromatic heterocycles. The first-order valence-electron chi connectivity index (χ1n) is 7.61. The Morgan fingerprint density at radius 2 is 2.26 bits per heavy atom. The van der Waals surface area contributed by atoms with E-state index in [1.165, 1.54) is 43.6 Å². The number of rotatable bonds is 4. The van der Waals surface area contributed by atoms with Crippen LogP contribution < -0.4 is 5.32 Å². The molecule has 2 aliphatic carbocycles. The standard InChI is InChI=1S/C15H23N3S/c1-15(12-4-5-12)9-17-14(11-2-3-11)8-18(15)7-13-6-16-10-19-13/h6,10-12,14,17H,2-5,7-9H2,1H3. The van der Waals surface area contributed by atoms with Crippen LogP contribution in [0, 0.1) is 11.8 Å². The zero-order valence-electron chi connectivity index (χ0n) is 11.6. The molecule has 1 aliphatic heterocycles. The third kappa shape index (κ3) is 2.34. The van der Waals surface area contributed by atoms with Crippen molar-refractivity contribution in [2.45, 2.75) is 50.7 Å². The van der Waals surface area contributed by atoms with Gasteiger partial charge in [-0.05, 0) is 44.4 Å². The SMILES string of the molecule is CC1(C2CC2)CNC(C2CC2)CN1Cc1cncs1. The van der Waals surface area contributed by atoms with Crippen molar-refractivity contribution in [1.82, 2.24) is 15.2 Å². The number of hydrogen-bond donors (Lipinski definition) is 1. The van der Waals surface area contributed by atoms with Crippen molar-refractivity contribution in [3.05, 3.63) is 16.6 Å². The summed E-state index contributed by atoms with van der Waals surface area (Å²) in [6, 6.07) is 0.736. The fourth-order valence-corrected chi connectivity index (χ4v) is 4.24. The second-order valence-corrected chi connectivity index (χ2v) is 7.78. The van der Waals surface area contributed by atoms with Crippen LogP contribution in [0.1, 0.15) is 37.5 Å². The van der Waals surface area contributed by atoms with Crippen molar-refractivity contribution >= 4 is 11.3 Å². The van der Waals surface area contributed by atoms with Crippen molar-refractivity contribution < 1.29 is 0 Å². The maximum Gasteiger partial charge on any atom is 0.0794 e. The minimum Gasteiger partial charge on any atom is -0.311 e. The van der Waals surface area contributed by atoms with Crippen molar-refractivity contribution in [2.24, 2.45) is 11.8 Å². The highest BCUT2D eigenvalue weighted by Gasteiger charge is 2.50. The first kappa shape index (κ1) is 12.3. The van der Waals surface area contributed by atoms with Crippen LogP contribution >= 0.6 is 11.3 Å². The number of nitrogens with one attached hydrogen (secondary N) is 1. The molecule has 4 rings (SSSR count). The van der Waals surface area contributed by atoms with Crippen molar-refractivity contribution in [3.63, 3.8) is 0 Å². The predicted octanol–water partition coefficient (Wildman–Crippen LogP) is 2.50. The molecule has 3 aliphatic rings. The third-order valence-corrected chi connectivity index (χ3v) is 6.10. The first-order valence-corrected chi connectivity index (χ1v) is 8.49. The number of hydrogen-bond acceptors (Lipinski definition) is 4. The largest absolute Gasteiger partial charge is 0.311 e. The molecule has 1 N–H and O–H groups in total. The lowest BCUT2D eigenvalue weighted by Gasteiger charge is -2.49. The first-order chi connectivity index (χ1) is 9.25. The number of piperazine rings is 1. The van der Waals surface area contributed by atoms with Gasteiger partial charge in [-0.2, -0.15) is 0 Å². The van der Waals surface area contributed by atoms with E-state index in [1.54, 1.807) is 11.3 Å². The monoisotopic (exact) mass is 277 g/mol. The van der Waals surface area contributed by atoms with Gasteiger partial charge in [-0.25, -0.2) is 0 Å². The zero-order chi connectivity index (χ0) is 12.9. The lowest BCUT2D eigenvalue weighted by atomic mass is 9.88. The van der Waals surface area contributed by atoms with Crippen LogP contribution in [0.5, 0.6) is 0 Å². The Hall–Kier alpha value is -0.450. The Bertz CT molecular complexity index is 438. The molecule has 2 atom stereocenters.